The summed E-state index contributed by atoms with van der Waals surface area (Å²) in [5, 5.41) is 10.4. The summed E-state index contributed by atoms with van der Waals surface area (Å²) in [6, 6.07) is 24.7. The van der Waals surface area contributed by atoms with Crippen LogP contribution in [0.1, 0.15) is 15.9 Å². The lowest BCUT2D eigenvalue weighted by molar-refractivity contribution is -0.118. The Bertz CT molecular complexity index is 1280. The second-order valence-electron chi connectivity index (χ2n) is 7.44. The van der Waals surface area contributed by atoms with Crippen molar-refractivity contribution >= 4 is 23.2 Å². The summed E-state index contributed by atoms with van der Waals surface area (Å²) < 4.78 is 7.15. The fourth-order valence-corrected chi connectivity index (χ4v) is 3.61. The highest BCUT2D eigenvalue weighted by Crippen LogP contribution is 2.31. The van der Waals surface area contributed by atoms with Crippen molar-refractivity contribution in [2.45, 2.75) is 6.54 Å². The first-order chi connectivity index (χ1) is 15.7. The Morgan fingerprint density at radius 1 is 1.03 bits per heavy atom. The van der Waals surface area contributed by atoms with Crippen LogP contribution in [0.3, 0.4) is 0 Å². The van der Waals surface area contributed by atoms with Gasteiger partial charge < -0.3 is 15.4 Å². The van der Waals surface area contributed by atoms with Crippen LogP contribution >= 0.6 is 0 Å². The van der Waals surface area contributed by atoms with Crippen LogP contribution < -0.4 is 15.4 Å². The lowest BCUT2D eigenvalue weighted by Crippen LogP contribution is -2.25. The molecule has 4 aromatic rings. The van der Waals surface area contributed by atoms with Gasteiger partial charge in [-0.2, -0.15) is 5.10 Å². The zero-order chi connectivity index (χ0) is 21.9. The summed E-state index contributed by atoms with van der Waals surface area (Å²) >= 11 is 0. The second kappa shape index (κ2) is 8.39. The molecular formula is C25H20N4O3. The van der Waals surface area contributed by atoms with Gasteiger partial charge >= 0.3 is 0 Å². The lowest BCUT2D eigenvalue weighted by Gasteiger charge is -2.18. The van der Waals surface area contributed by atoms with Crippen molar-refractivity contribution in [1.82, 2.24) is 9.78 Å². The summed E-state index contributed by atoms with van der Waals surface area (Å²) in [4.78, 5) is 24.8. The van der Waals surface area contributed by atoms with Crippen molar-refractivity contribution in [2.75, 3.05) is 17.2 Å². The molecule has 0 spiro atoms. The number of nitrogens with one attached hydrogen (secondary N) is 2. The van der Waals surface area contributed by atoms with E-state index in [0.29, 0.717) is 34.9 Å². The molecule has 5 rings (SSSR count). The van der Waals surface area contributed by atoms with Crippen LogP contribution in [-0.4, -0.2) is 28.2 Å². The molecule has 0 saturated carbocycles. The molecule has 1 aliphatic heterocycles. The van der Waals surface area contributed by atoms with E-state index in [4.69, 9.17) is 9.84 Å². The average molecular weight is 424 g/mol. The molecular weight excluding hydrogens is 404 g/mol. The molecule has 0 unspecified atom stereocenters. The molecule has 7 nitrogen and oxygen atoms in total. The van der Waals surface area contributed by atoms with Gasteiger partial charge in [0.15, 0.2) is 6.61 Å². The highest BCUT2D eigenvalue weighted by atomic mass is 16.5. The SMILES string of the molecule is O=C1COc2ccc(NC(=O)c3cn(Cc4ccccc4)nc3-c3ccccc3)cc2N1. The molecule has 2 N–H and O–H groups in total. The summed E-state index contributed by atoms with van der Waals surface area (Å²) in [5.41, 5.74) is 4.10. The molecule has 158 valence electrons. The van der Waals surface area contributed by atoms with Gasteiger partial charge in [-0.3, -0.25) is 14.3 Å². The van der Waals surface area contributed by atoms with Gasteiger partial charge in [-0.15, -0.1) is 0 Å². The predicted molar refractivity (Wildman–Crippen MR) is 122 cm³/mol. The summed E-state index contributed by atoms with van der Waals surface area (Å²) in [6.07, 6.45) is 1.76. The molecule has 0 atom stereocenters. The lowest BCUT2D eigenvalue weighted by atomic mass is 10.1. The molecule has 2 heterocycles. The van der Waals surface area contributed by atoms with Crippen LogP contribution in [0.15, 0.2) is 85.1 Å². The molecule has 1 aromatic heterocycles. The van der Waals surface area contributed by atoms with E-state index in [2.05, 4.69) is 10.6 Å². The number of ether oxygens (including phenoxy) is 1. The van der Waals surface area contributed by atoms with Crippen molar-refractivity contribution in [1.29, 1.82) is 0 Å². The Morgan fingerprint density at radius 2 is 1.78 bits per heavy atom. The third kappa shape index (κ3) is 4.09. The van der Waals surface area contributed by atoms with Crippen molar-refractivity contribution in [2.24, 2.45) is 0 Å². The van der Waals surface area contributed by atoms with Crippen molar-refractivity contribution in [3.05, 3.63) is 96.2 Å². The number of rotatable bonds is 5. The highest BCUT2D eigenvalue weighted by molar-refractivity contribution is 6.08. The van der Waals surface area contributed by atoms with E-state index >= 15 is 0 Å². The summed E-state index contributed by atoms with van der Waals surface area (Å²) in [6.45, 7) is 0.538. The standard InChI is InChI=1S/C25H20N4O3/c30-23-16-32-22-12-11-19(13-21(22)27-23)26-25(31)20-15-29(14-17-7-3-1-4-8-17)28-24(20)18-9-5-2-6-10-18/h1-13,15H,14,16H2,(H,26,31)(H,27,30). The number of hydrogen-bond donors (Lipinski definition) is 2. The Labute approximate surface area is 184 Å². The van der Waals surface area contributed by atoms with E-state index in [9.17, 15) is 9.59 Å². The topological polar surface area (TPSA) is 85.2 Å². The summed E-state index contributed by atoms with van der Waals surface area (Å²) in [7, 11) is 0. The molecule has 0 bridgehead atoms. The number of aromatic nitrogens is 2. The fourth-order valence-electron chi connectivity index (χ4n) is 3.61. The fraction of sp³-hybridized carbons (Fsp3) is 0.0800. The van der Waals surface area contributed by atoms with E-state index in [1.807, 2.05) is 60.7 Å². The van der Waals surface area contributed by atoms with Gasteiger partial charge in [-0.1, -0.05) is 60.7 Å². The Hall–Kier alpha value is -4.39. The minimum absolute atomic E-state index is 0.0141. The van der Waals surface area contributed by atoms with Crippen LogP contribution in [0.25, 0.3) is 11.3 Å². The largest absolute Gasteiger partial charge is 0.482 e. The number of amides is 2. The predicted octanol–water partition coefficient (Wildman–Crippen LogP) is 4.18. The van der Waals surface area contributed by atoms with E-state index in [1.165, 1.54) is 0 Å². The molecule has 1 aliphatic rings. The average Bonchev–Trinajstić information content (AvgIpc) is 3.24. The zero-order valence-electron chi connectivity index (χ0n) is 17.1. The Kier molecular flexibility index (Phi) is 5.13. The number of carbonyl (C=O) groups excluding carboxylic acids is 2. The smallest absolute Gasteiger partial charge is 0.262 e. The monoisotopic (exact) mass is 424 g/mol. The van der Waals surface area contributed by atoms with Gasteiger partial charge in [0.05, 0.1) is 17.8 Å². The van der Waals surface area contributed by atoms with Gasteiger partial charge in [0, 0.05) is 17.4 Å². The molecule has 2 amide bonds. The van der Waals surface area contributed by atoms with Crippen LogP contribution in [0.5, 0.6) is 5.75 Å². The maximum absolute atomic E-state index is 13.2. The van der Waals surface area contributed by atoms with E-state index in [-0.39, 0.29) is 18.4 Å². The molecule has 32 heavy (non-hydrogen) atoms. The maximum Gasteiger partial charge on any atom is 0.262 e. The number of hydrogen-bond acceptors (Lipinski definition) is 4. The van der Waals surface area contributed by atoms with Crippen LogP contribution in [0.2, 0.25) is 0 Å². The Balaban J connectivity index is 1.45. The second-order valence-corrected chi connectivity index (χ2v) is 7.44. The number of nitrogens with zero attached hydrogens (tertiary/aromatic N) is 2. The van der Waals surface area contributed by atoms with Crippen molar-refractivity contribution < 1.29 is 14.3 Å². The number of benzene rings is 3. The molecule has 3 aromatic carbocycles. The van der Waals surface area contributed by atoms with Crippen LogP contribution in [0.4, 0.5) is 11.4 Å². The van der Waals surface area contributed by atoms with E-state index in [0.717, 1.165) is 11.1 Å². The van der Waals surface area contributed by atoms with Gasteiger partial charge in [0.1, 0.15) is 11.4 Å². The molecule has 7 heteroatoms. The number of anilines is 2. The van der Waals surface area contributed by atoms with E-state index in [1.54, 1.807) is 29.1 Å². The minimum Gasteiger partial charge on any atom is -0.482 e. The van der Waals surface area contributed by atoms with Crippen molar-refractivity contribution in [3.8, 4) is 17.0 Å². The van der Waals surface area contributed by atoms with Crippen LogP contribution in [0, 0.1) is 0 Å². The quantitative estimate of drug-likeness (QED) is 0.503. The minimum atomic E-state index is -0.286. The number of fused-ring (bicyclic) bond motifs is 1. The first-order valence-electron chi connectivity index (χ1n) is 10.2. The van der Waals surface area contributed by atoms with Gasteiger partial charge in [0.25, 0.3) is 11.8 Å². The maximum atomic E-state index is 13.2. The van der Waals surface area contributed by atoms with E-state index < -0.39 is 0 Å². The molecule has 0 fully saturated rings. The molecule has 0 radical (unpaired) electrons. The highest BCUT2D eigenvalue weighted by Gasteiger charge is 2.20. The Morgan fingerprint density at radius 3 is 2.56 bits per heavy atom. The first kappa shape index (κ1) is 19.6. The normalized spacial score (nSPS) is 12.4. The van der Waals surface area contributed by atoms with Crippen LogP contribution in [-0.2, 0) is 11.3 Å². The third-order valence-electron chi connectivity index (χ3n) is 5.11. The van der Waals surface area contributed by atoms with Gasteiger partial charge in [-0.05, 0) is 23.8 Å². The molecule has 0 saturated heterocycles. The third-order valence-corrected chi connectivity index (χ3v) is 5.11. The van der Waals surface area contributed by atoms with Gasteiger partial charge in [-0.25, -0.2) is 0 Å². The number of carbonyl (C=O) groups is 2. The summed E-state index contributed by atoms with van der Waals surface area (Å²) in [5.74, 6) is 0.0592. The zero-order valence-corrected chi connectivity index (χ0v) is 17.1. The first-order valence-corrected chi connectivity index (χ1v) is 10.2. The molecule has 0 aliphatic carbocycles. The van der Waals surface area contributed by atoms with Gasteiger partial charge in [0.2, 0.25) is 0 Å². The van der Waals surface area contributed by atoms with Crippen molar-refractivity contribution in [3.63, 3.8) is 0 Å².